The molecule has 0 aliphatic heterocycles. The van der Waals surface area contributed by atoms with Crippen LogP contribution in [0, 0.1) is 0 Å². The second-order valence-electron chi connectivity index (χ2n) is 7.63. The van der Waals surface area contributed by atoms with Crippen molar-refractivity contribution in [1.29, 1.82) is 0 Å². The van der Waals surface area contributed by atoms with Gasteiger partial charge in [-0.25, -0.2) is 19.0 Å². The highest BCUT2D eigenvalue weighted by Gasteiger charge is 2.13. The first-order valence-corrected chi connectivity index (χ1v) is 12.9. The van der Waals surface area contributed by atoms with Gasteiger partial charge >= 0.3 is 6.09 Å². The van der Waals surface area contributed by atoms with Gasteiger partial charge in [0.1, 0.15) is 18.8 Å². The summed E-state index contributed by atoms with van der Waals surface area (Å²) in [4.78, 5) is 24.9. The fourth-order valence-electron chi connectivity index (χ4n) is 3.35. The quantitative estimate of drug-likeness (QED) is 0.352. The van der Waals surface area contributed by atoms with Crippen LogP contribution < -0.4 is 14.8 Å². The van der Waals surface area contributed by atoms with Gasteiger partial charge < -0.3 is 19.5 Å². The first kappa shape index (κ1) is 24.9. The minimum absolute atomic E-state index is 0.167. The topological polar surface area (TPSA) is 125 Å². The third-order valence-electron chi connectivity index (χ3n) is 5.12. The van der Waals surface area contributed by atoms with Crippen molar-refractivity contribution in [3.63, 3.8) is 0 Å². The molecule has 11 heteroatoms. The summed E-state index contributed by atoms with van der Waals surface area (Å²) in [5, 5.41) is 4.00. The molecule has 1 unspecified atom stereocenters. The third kappa shape index (κ3) is 5.87. The number of hydrogen-bond donors (Lipinski definition) is 1. The molecule has 1 N–H and O–H groups in total. The Hall–Kier alpha value is -4.25. The maximum Gasteiger partial charge on any atom is 0.442 e. The molecule has 2 aromatic heterocycles. The predicted molar refractivity (Wildman–Crippen MR) is 136 cm³/mol. The van der Waals surface area contributed by atoms with Crippen LogP contribution in [0.15, 0.2) is 76.5 Å². The summed E-state index contributed by atoms with van der Waals surface area (Å²) in [5.74, 6) is 1.65. The number of benzene rings is 2. The summed E-state index contributed by atoms with van der Waals surface area (Å²) >= 11 is 0. The molecule has 0 saturated carbocycles. The van der Waals surface area contributed by atoms with Gasteiger partial charge in [-0.2, -0.15) is 0 Å². The Labute approximate surface area is 208 Å². The normalized spacial score (nSPS) is 12.4. The number of hydrogen-bond acceptors (Lipinski definition) is 9. The van der Waals surface area contributed by atoms with E-state index in [1.165, 1.54) is 12.6 Å². The maximum atomic E-state index is 12.8. The van der Waals surface area contributed by atoms with E-state index < -0.39 is 15.8 Å². The number of aromatic nitrogens is 3. The van der Waals surface area contributed by atoms with Crippen LogP contribution in [-0.2, 0) is 21.1 Å². The summed E-state index contributed by atoms with van der Waals surface area (Å²) < 4.78 is 32.8. The molecule has 4 aromatic rings. The number of methoxy groups -OCH3 is 1. The van der Waals surface area contributed by atoms with Gasteiger partial charge in [-0.15, -0.1) is 4.36 Å². The molecule has 10 nitrogen and oxygen atoms in total. The van der Waals surface area contributed by atoms with Crippen molar-refractivity contribution in [2.24, 2.45) is 4.36 Å². The number of anilines is 2. The van der Waals surface area contributed by atoms with Crippen LogP contribution >= 0.6 is 0 Å². The second-order valence-corrected chi connectivity index (χ2v) is 9.89. The molecule has 36 heavy (non-hydrogen) atoms. The zero-order valence-corrected chi connectivity index (χ0v) is 20.8. The Morgan fingerprint density at radius 2 is 1.92 bits per heavy atom. The zero-order valence-electron chi connectivity index (χ0n) is 20.0. The van der Waals surface area contributed by atoms with Gasteiger partial charge in [-0.3, -0.25) is 4.98 Å². The highest BCUT2D eigenvalue weighted by atomic mass is 32.2. The summed E-state index contributed by atoms with van der Waals surface area (Å²) in [6, 6.07) is 14.2. The first-order valence-electron chi connectivity index (χ1n) is 11.0. The molecule has 0 bridgehead atoms. The molecule has 1 atom stereocenters. The Balaban J connectivity index is 1.53. The number of nitrogens with zero attached hydrogens (tertiary/aromatic N) is 4. The molecule has 0 saturated heterocycles. The Morgan fingerprint density at radius 3 is 2.61 bits per heavy atom. The van der Waals surface area contributed by atoms with E-state index in [4.69, 9.17) is 14.2 Å². The Bertz CT molecular complexity index is 1490. The number of amides is 1. The lowest BCUT2D eigenvalue weighted by Crippen LogP contribution is -2.05. The highest BCUT2D eigenvalue weighted by molar-refractivity contribution is 7.93. The van der Waals surface area contributed by atoms with Crippen molar-refractivity contribution < 1.29 is 23.2 Å². The van der Waals surface area contributed by atoms with Crippen molar-refractivity contribution in [2.45, 2.75) is 18.4 Å². The summed E-state index contributed by atoms with van der Waals surface area (Å²) in [6.45, 7) is 2.06. The minimum atomic E-state index is -2.91. The van der Waals surface area contributed by atoms with Gasteiger partial charge in [0.25, 0.3) is 0 Å². The predicted octanol–water partition coefficient (Wildman–Crippen LogP) is 4.97. The average molecular weight is 508 g/mol. The molecular formula is C25H25N5O5S. The standard InChI is InChI=1S/C25H25N5O5S/c1-4-34-25(31)30-36(3,32)19-9-7-17(8-10-19)15-35-23-13-21-20(12-22(23)33-2)24(28-16-27-21)29-18-6-5-11-26-14-18/h5-14,16H,4,15H2,1-3H3,(H,27,28,29). The fourth-order valence-corrected chi connectivity index (χ4v) is 4.44. The highest BCUT2D eigenvalue weighted by Crippen LogP contribution is 2.35. The SMILES string of the molecule is CCOC(=O)N=S(C)(=O)c1ccc(COc2cc3ncnc(Nc4cccnc4)c3cc2OC)cc1. The van der Waals surface area contributed by atoms with E-state index in [9.17, 15) is 9.00 Å². The van der Waals surface area contributed by atoms with Crippen LogP contribution in [-0.4, -0.2) is 45.2 Å². The zero-order chi connectivity index (χ0) is 25.5. The van der Waals surface area contributed by atoms with E-state index in [1.807, 2.05) is 18.2 Å². The molecule has 2 aromatic carbocycles. The lowest BCUT2D eigenvalue weighted by Gasteiger charge is -2.14. The van der Waals surface area contributed by atoms with E-state index in [1.54, 1.807) is 56.8 Å². The number of nitrogens with one attached hydrogen (secondary N) is 1. The first-order chi connectivity index (χ1) is 17.4. The molecular weight excluding hydrogens is 482 g/mol. The number of ether oxygens (including phenoxy) is 3. The van der Waals surface area contributed by atoms with Crippen molar-refractivity contribution in [3.8, 4) is 11.5 Å². The Morgan fingerprint density at radius 1 is 1.11 bits per heavy atom. The molecule has 186 valence electrons. The third-order valence-corrected chi connectivity index (χ3v) is 6.76. The van der Waals surface area contributed by atoms with Gasteiger partial charge in [0.05, 0.1) is 40.8 Å². The fraction of sp³-hybridized carbons (Fsp3) is 0.200. The number of fused-ring (bicyclic) bond motifs is 1. The molecule has 1 amide bonds. The van der Waals surface area contributed by atoms with Gasteiger partial charge in [-0.05, 0) is 42.8 Å². The van der Waals surface area contributed by atoms with Crippen molar-refractivity contribution >= 4 is 38.2 Å². The van der Waals surface area contributed by atoms with Gasteiger partial charge in [0.2, 0.25) is 0 Å². The molecule has 0 aliphatic rings. The lowest BCUT2D eigenvalue weighted by atomic mass is 10.2. The van der Waals surface area contributed by atoms with E-state index in [0.717, 1.165) is 16.6 Å². The van der Waals surface area contributed by atoms with Crippen molar-refractivity contribution in [2.75, 3.05) is 25.3 Å². The summed E-state index contributed by atoms with van der Waals surface area (Å²) in [7, 11) is -1.35. The minimum Gasteiger partial charge on any atom is -0.493 e. The molecule has 2 heterocycles. The van der Waals surface area contributed by atoms with Gasteiger partial charge in [0.15, 0.2) is 11.5 Å². The number of carbonyl (C=O) groups excluding carboxylic acids is 1. The smallest absolute Gasteiger partial charge is 0.442 e. The number of pyridine rings is 1. The van der Waals surface area contributed by atoms with Crippen LogP contribution in [0.2, 0.25) is 0 Å². The largest absolute Gasteiger partial charge is 0.493 e. The van der Waals surface area contributed by atoms with Gasteiger partial charge in [-0.1, -0.05) is 12.1 Å². The Kier molecular flexibility index (Phi) is 7.59. The summed E-state index contributed by atoms with van der Waals surface area (Å²) in [6.07, 6.45) is 5.43. The molecule has 0 radical (unpaired) electrons. The van der Waals surface area contributed by atoms with Crippen molar-refractivity contribution in [3.05, 3.63) is 72.8 Å². The van der Waals surface area contributed by atoms with E-state index in [2.05, 4.69) is 24.6 Å². The molecule has 0 aliphatic carbocycles. The van der Waals surface area contributed by atoms with Gasteiger partial charge in [0, 0.05) is 28.8 Å². The van der Waals surface area contributed by atoms with Crippen LogP contribution in [0.5, 0.6) is 11.5 Å². The van der Waals surface area contributed by atoms with Crippen LogP contribution in [0.25, 0.3) is 10.9 Å². The molecule has 0 fully saturated rings. The lowest BCUT2D eigenvalue weighted by molar-refractivity contribution is 0.164. The monoisotopic (exact) mass is 507 g/mol. The average Bonchev–Trinajstić information content (AvgIpc) is 2.88. The van der Waals surface area contributed by atoms with E-state index in [0.29, 0.717) is 27.7 Å². The van der Waals surface area contributed by atoms with Crippen LogP contribution in [0.3, 0.4) is 0 Å². The second kappa shape index (κ2) is 11.0. The maximum absolute atomic E-state index is 12.8. The van der Waals surface area contributed by atoms with E-state index in [-0.39, 0.29) is 13.2 Å². The number of rotatable bonds is 8. The summed E-state index contributed by atoms with van der Waals surface area (Å²) in [5.41, 5.74) is 2.30. The molecule has 0 spiro atoms. The number of carbonyl (C=O) groups is 1. The van der Waals surface area contributed by atoms with Crippen LogP contribution in [0.4, 0.5) is 16.3 Å². The van der Waals surface area contributed by atoms with E-state index >= 15 is 0 Å². The van der Waals surface area contributed by atoms with Crippen molar-refractivity contribution in [1.82, 2.24) is 15.0 Å². The van der Waals surface area contributed by atoms with Crippen LogP contribution in [0.1, 0.15) is 12.5 Å². The molecule has 4 rings (SSSR count).